The maximum Gasteiger partial charge on any atom is 0.469 e. The molecular formula is C34H63O8P. The van der Waals surface area contributed by atoms with Crippen LogP contribution in [0.15, 0.2) is 24.3 Å². The van der Waals surface area contributed by atoms with Crippen molar-refractivity contribution in [2.75, 3.05) is 13.2 Å². The minimum Gasteiger partial charge on any atom is -0.462 e. The molecular weight excluding hydrogens is 567 g/mol. The van der Waals surface area contributed by atoms with Crippen LogP contribution >= 0.6 is 7.82 Å². The van der Waals surface area contributed by atoms with Gasteiger partial charge in [-0.3, -0.25) is 14.1 Å². The summed E-state index contributed by atoms with van der Waals surface area (Å²) in [5.41, 5.74) is 0. The molecule has 0 unspecified atom stereocenters. The Morgan fingerprint density at radius 3 is 1.60 bits per heavy atom. The Balaban J connectivity index is 4.02. The third-order valence-corrected chi connectivity index (χ3v) is 7.71. The van der Waals surface area contributed by atoms with E-state index in [1.54, 1.807) is 0 Å². The lowest BCUT2D eigenvalue weighted by molar-refractivity contribution is -0.161. The molecule has 0 fully saturated rings. The first-order chi connectivity index (χ1) is 20.8. The van der Waals surface area contributed by atoms with Gasteiger partial charge in [-0.15, -0.1) is 0 Å². The van der Waals surface area contributed by atoms with E-state index in [-0.39, 0.29) is 19.4 Å². The fourth-order valence-corrected chi connectivity index (χ4v) is 5.01. The fraction of sp³-hybridized carbons (Fsp3) is 0.824. The summed E-state index contributed by atoms with van der Waals surface area (Å²) in [7, 11) is -4.75. The quantitative estimate of drug-likeness (QED) is 0.0336. The van der Waals surface area contributed by atoms with Crippen molar-refractivity contribution in [2.45, 2.75) is 168 Å². The SMILES string of the molecule is CCCCCCCCCCC/C=C/C/C=C/CCCC(=O)OC[C@H](COP(=O)(O)O)OC(=O)CCCCCCCCCC. The molecule has 0 radical (unpaired) electrons. The van der Waals surface area contributed by atoms with E-state index < -0.39 is 32.5 Å². The van der Waals surface area contributed by atoms with Gasteiger partial charge in [0.25, 0.3) is 0 Å². The first-order valence-electron chi connectivity index (χ1n) is 17.1. The molecule has 0 heterocycles. The zero-order chi connectivity index (χ0) is 31.9. The Morgan fingerprint density at radius 1 is 0.605 bits per heavy atom. The molecule has 0 aliphatic heterocycles. The highest BCUT2D eigenvalue weighted by atomic mass is 31.2. The molecule has 0 saturated heterocycles. The highest BCUT2D eigenvalue weighted by Gasteiger charge is 2.22. The van der Waals surface area contributed by atoms with Crippen molar-refractivity contribution in [3.8, 4) is 0 Å². The molecule has 252 valence electrons. The predicted molar refractivity (Wildman–Crippen MR) is 175 cm³/mol. The van der Waals surface area contributed by atoms with Gasteiger partial charge in [-0.25, -0.2) is 4.57 Å². The van der Waals surface area contributed by atoms with Gasteiger partial charge in [-0.2, -0.15) is 0 Å². The molecule has 0 aromatic carbocycles. The average molecular weight is 631 g/mol. The van der Waals surface area contributed by atoms with Gasteiger partial charge in [0.05, 0.1) is 6.61 Å². The van der Waals surface area contributed by atoms with Crippen LogP contribution < -0.4 is 0 Å². The summed E-state index contributed by atoms with van der Waals surface area (Å²) < 4.78 is 26.1. The summed E-state index contributed by atoms with van der Waals surface area (Å²) >= 11 is 0. The van der Waals surface area contributed by atoms with Crippen molar-refractivity contribution >= 4 is 19.8 Å². The Hall–Kier alpha value is -1.47. The number of phosphoric ester groups is 1. The van der Waals surface area contributed by atoms with Gasteiger partial charge >= 0.3 is 19.8 Å². The van der Waals surface area contributed by atoms with Gasteiger partial charge in [-0.05, 0) is 38.5 Å². The summed E-state index contributed by atoms with van der Waals surface area (Å²) in [5, 5.41) is 0. The minimum atomic E-state index is -4.75. The second-order valence-corrected chi connectivity index (χ2v) is 12.7. The lowest BCUT2D eigenvalue weighted by Gasteiger charge is -2.18. The molecule has 0 saturated carbocycles. The Morgan fingerprint density at radius 2 is 1.07 bits per heavy atom. The summed E-state index contributed by atoms with van der Waals surface area (Å²) in [6.07, 6.45) is 32.1. The Kier molecular flexibility index (Phi) is 29.5. The van der Waals surface area contributed by atoms with E-state index in [0.29, 0.717) is 12.8 Å². The number of rotatable bonds is 31. The van der Waals surface area contributed by atoms with Gasteiger partial charge in [0.2, 0.25) is 0 Å². The molecule has 0 spiro atoms. The normalized spacial score (nSPS) is 12.7. The standard InChI is InChI=1S/C34H63O8P/c1-3-5-7-9-11-13-14-15-16-17-18-19-20-21-23-24-26-28-33(35)40-30-32(31-41-43(37,38)39)42-34(36)29-27-25-22-12-10-8-6-4-2/h18-19,21,23,32H,3-17,20,22,24-31H2,1-2H3,(H2,37,38,39)/b19-18+,23-21+/t32-/m1/s1. The second-order valence-electron chi connectivity index (χ2n) is 11.5. The maximum atomic E-state index is 12.2. The number of phosphoric acid groups is 1. The molecule has 0 bridgehead atoms. The van der Waals surface area contributed by atoms with Crippen molar-refractivity contribution in [3.63, 3.8) is 0 Å². The van der Waals surface area contributed by atoms with E-state index in [4.69, 9.17) is 19.3 Å². The van der Waals surface area contributed by atoms with Crippen LogP contribution in [0.3, 0.4) is 0 Å². The summed E-state index contributed by atoms with van der Waals surface area (Å²) in [5.74, 6) is -0.941. The van der Waals surface area contributed by atoms with E-state index in [2.05, 4.69) is 42.7 Å². The first kappa shape index (κ1) is 41.5. The molecule has 9 heteroatoms. The maximum absolute atomic E-state index is 12.2. The lowest BCUT2D eigenvalue weighted by atomic mass is 10.1. The van der Waals surface area contributed by atoms with Gasteiger partial charge in [-0.1, -0.05) is 134 Å². The molecule has 0 amide bonds. The molecule has 8 nitrogen and oxygen atoms in total. The van der Waals surface area contributed by atoms with Crippen molar-refractivity contribution in [2.24, 2.45) is 0 Å². The van der Waals surface area contributed by atoms with Crippen LogP contribution in [0.25, 0.3) is 0 Å². The fourth-order valence-electron chi connectivity index (χ4n) is 4.65. The number of carbonyl (C=O) groups is 2. The van der Waals surface area contributed by atoms with Crippen LogP contribution in [-0.4, -0.2) is 41.0 Å². The van der Waals surface area contributed by atoms with Crippen LogP contribution in [0.1, 0.15) is 162 Å². The largest absolute Gasteiger partial charge is 0.469 e. The number of unbranched alkanes of at least 4 members (excludes halogenated alkanes) is 17. The van der Waals surface area contributed by atoms with Crippen molar-refractivity contribution in [3.05, 3.63) is 24.3 Å². The van der Waals surface area contributed by atoms with Gasteiger partial charge in [0.15, 0.2) is 6.10 Å². The summed E-state index contributed by atoms with van der Waals surface area (Å²) in [6, 6.07) is 0. The number of carbonyl (C=O) groups excluding carboxylic acids is 2. The highest BCUT2D eigenvalue weighted by Crippen LogP contribution is 2.35. The van der Waals surface area contributed by atoms with Crippen molar-refractivity contribution in [1.82, 2.24) is 0 Å². The molecule has 0 rings (SSSR count). The second kappa shape index (κ2) is 30.6. The number of esters is 2. The number of allylic oxidation sites excluding steroid dienone is 4. The van der Waals surface area contributed by atoms with Crippen LogP contribution in [0.5, 0.6) is 0 Å². The molecule has 0 aromatic rings. The summed E-state index contributed by atoms with van der Waals surface area (Å²) in [6.45, 7) is 3.59. The molecule has 0 aromatic heterocycles. The predicted octanol–water partition coefficient (Wildman–Crippen LogP) is 9.68. The number of hydrogen-bond acceptors (Lipinski definition) is 6. The molecule has 0 aliphatic carbocycles. The molecule has 43 heavy (non-hydrogen) atoms. The van der Waals surface area contributed by atoms with Gasteiger partial charge in [0.1, 0.15) is 6.61 Å². The van der Waals surface area contributed by atoms with E-state index >= 15 is 0 Å². The monoisotopic (exact) mass is 630 g/mol. The van der Waals surface area contributed by atoms with E-state index in [1.165, 1.54) is 83.5 Å². The Bertz CT molecular complexity index is 761. The molecule has 0 aliphatic rings. The average Bonchev–Trinajstić information content (AvgIpc) is 2.97. The molecule has 2 N–H and O–H groups in total. The van der Waals surface area contributed by atoms with Crippen LogP contribution in [-0.2, 0) is 28.2 Å². The van der Waals surface area contributed by atoms with Crippen LogP contribution in [0.2, 0.25) is 0 Å². The number of ether oxygens (including phenoxy) is 2. The molecule has 1 atom stereocenters. The van der Waals surface area contributed by atoms with Gasteiger partial charge < -0.3 is 19.3 Å². The minimum absolute atomic E-state index is 0.204. The van der Waals surface area contributed by atoms with Crippen molar-refractivity contribution < 1.29 is 37.9 Å². The van der Waals surface area contributed by atoms with Gasteiger partial charge in [0, 0.05) is 12.8 Å². The van der Waals surface area contributed by atoms with E-state index in [1.807, 2.05) is 0 Å². The van der Waals surface area contributed by atoms with Crippen LogP contribution in [0, 0.1) is 0 Å². The highest BCUT2D eigenvalue weighted by molar-refractivity contribution is 7.46. The first-order valence-corrected chi connectivity index (χ1v) is 18.7. The van der Waals surface area contributed by atoms with Crippen molar-refractivity contribution in [1.29, 1.82) is 0 Å². The lowest BCUT2D eigenvalue weighted by Crippen LogP contribution is -2.29. The zero-order valence-corrected chi connectivity index (χ0v) is 28.2. The third-order valence-electron chi connectivity index (χ3n) is 7.22. The summed E-state index contributed by atoms with van der Waals surface area (Å²) in [4.78, 5) is 42.4. The third kappa shape index (κ3) is 33.3. The Labute approximate surface area is 262 Å². The smallest absolute Gasteiger partial charge is 0.462 e. The van der Waals surface area contributed by atoms with E-state index in [9.17, 15) is 14.2 Å². The zero-order valence-electron chi connectivity index (χ0n) is 27.4. The topological polar surface area (TPSA) is 119 Å². The van der Waals surface area contributed by atoms with Crippen LogP contribution in [0.4, 0.5) is 0 Å². The number of hydrogen-bond donors (Lipinski definition) is 2. The van der Waals surface area contributed by atoms with E-state index in [0.717, 1.165) is 38.5 Å².